The van der Waals surface area contributed by atoms with Crippen molar-refractivity contribution in [2.45, 2.75) is 47.1 Å². The van der Waals surface area contributed by atoms with Crippen molar-refractivity contribution in [2.75, 3.05) is 7.05 Å². The van der Waals surface area contributed by atoms with Crippen molar-refractivity contribution in [1.29, 1.82) is 0 Å². The summed E-state index contributed by atoms with van der Waals surface area (Å²) in [6.45, 7) is 12.3. The highest BCUT2D eigenvalue weighted by Crippen LogP contribution is 2.17. The normalized spacial score (nSPS) is 9.27. The van der Waals surface area contributed by atoms with Gasteiger partial charge in [-0.25, -0.2) is 0 Å². The van der Waals surface area contributed by atoms with Crippen LogP contribution in [0, 0.1) is 0 Å². The van der Waals surface area contributed by atoms with Crippen LogP contribution in [0.4, 0.5) is 0 Å². The van der Waals surface area contributed by atoms with Crippen LogP contribution >= 0.6 is 0 Å². The Morgan fingerprint density at radius 3 is 1.60 bits per heavy atom. The molecule has 0 heterocycles. The Hall–Kier alpha value is -0.820. The highest BCUT2D eigenvalue weighted by molar-refractivity contribution is 5.22. The van der Waals surface area contributed by atoms with Crippen LogP contribution in [0.15, 0.2) is 30.3 Å². The molecule has 1 aromatic rings. The standard InChI is InChI=1S/C10H15N.2C2H6/c1-10(2,11-3)9-7-5-4-6-8-9;2*1-2/h4-8,11H,1-3H3;2*1-2H3. The Morgan fingerprint density at radius 1 is 0.867 bits per heavy atom. The summed E-state index contributed by atoms with van der Waals surface area (Å²) in [6, 6.07) is 10.4. The molecule has 1 rings (SSSR count). The van der Waals surface area contributed by atoms with Gasteiger partial charge in [-0.05, 0) is 26.5 Å². The highest BCUT2D eigenvalue weighted by atomic mass is 14.9. The van der Waals surface area contributed by atoms with Crippen molar-refractivity contribution in [3.05, 3.63) is 35.9 Å². The first-order chi connectivity index (χ1) is 7.17. The lowest BCUT2D eigenvalue weighted by atomic mass is 9.95. The molecule has 0 amide bonds. The predicted molar refractivity (Wildman–Crippen MR) is 71.2 cm³/mol. The quantitative estimate of drug-likeness (QED) is 0.770. The first-order valence-corrected chi connectivity index (χ1v) is 5.91. The summed E-state index contributed by atoms with van der Waals surface area (Å²) in [5.74, 6) is 0. The van der Waals surface area contributed by atoms with E-state index < -0.39 is 0 Å². The van der Waals surface area contributed by atoms with Gasteiger partial charge in [0, 0.05) is 5.54 Å². The first-order valence-electron chi connectivity index (χ1n) is 5.91. The van der Waals surface area contributed by atoms with Gasteiger partial charge in [0.15, 0.2) is 0 Å². The van der Waals surface area contributed by atoms with E-state index in [0.29, 0.717) is 0 Å². The molecular weight excluding hydrogens is 182 g/mol. The van der Waals surface area contributed by atoms with E-state index in [1.807, 2.05) is 40.8 Å². The second kappa shape index (κ2) is 9.72. The van der Waals surface area contributed by atoms with Gasteiger partial charge in [-0.3, -0.25) is 0 Å². The second-order valence-corrected chi connectivity index (χ2v) is 3.24. The fourth-order valence-electron chi connectivity index (χ4n) is 0.999. The van der Waals surface area contributed by atoms with Gasteiger partial charge in [0.1, 0.15) is 0 Å². The summed E-state index contributed by atoms with van der Waals surface area (Å²) >= 11 is 0. The Morgan fingerprint density at radius 2 is 1.27 bits per heavy atom. The van der Waals surface area contributed by atoms with Crippen LogP contribution in [0.1, 0.15) is 47.1 Å². The van der Waals surface area contributed by atoms with Crippen LogP contribution in [0.3, 0.4) is 0 Å². The largest absolute Gasteiger partial charge is 0.311 e. The van der Waals surface area contributed by atoms with E-state index in [1.165, 1.54) is 5.56 Å². The van der Waals surface area contributed by atoms with Crippen LogP contribution in [0.5, 0.6) is 0 Å². The highest BCUT2D eigenvalue weighted by Gasteiger charge is 2.15. The molecule has 0 fully saturated rings. The van der Waals surface area contributed by atoms with Crippen LogP contribution < -0.4 is 5.32 Å². The molecule has 0 aliphatic carbocycles. The third-order valence-electron chi connectivity index (χ3n) is 2.12. The predicted octanol–water partition coefficient (Wildman–Crippen LogP) is 4.19. The zero-order valence-electron chi connectivity index (χ0n) is 11.4. The van der Waals surface area contributed by atoms with Crippen molar-refractivity contribution in [3.8, 4) is 0 Å². The Kier molecular flexibility index (Phi) is 10.8. The summed E-state index contributed by atoms with van der Waals surface area (Å²) in [7, 11) is 1.98. The van der Waals surface area contributed by atoms with Crippen molar-refractivity contribution in [3.63, 3.8) is 0 Å². The van der Waals surface area contributed by atoms with E-state index >= 15 is 0 Å². The van der Waals surface area contributed by atoms with Crippen molar-refractivity contribution in [1.82, 2.24) is 5.32 Å². The molecule has 0 aromatic heterocycles. The van der Waals surface area contributed by atoms with E-state index in [4.69, 9.17) is 0 Å². The summed E-state index contributed by atoms with van der Waals surface area (Å²) < 4.78 is 0. The smallest absolute Gasteiger partial charge is 0.0374 e. The Bertz CT molecular complexity index is 214. The molecule has 88 valence electrons. The minimum atomic E-state index is 0.0846. The molecule has 15 heavy (non-hydrogen) atoms. The van der Waals surface area contributed by atoms with Gasteiger partial charge in [-0.1, -0.05) is 58.0 Å². The average Bonchev–Trinajstić information content (AvgIpc) is 2.35. The Labute approximate surface area is 95.9 Å². The molecule has 0 radical (unpaired) electrons. The van der Waals surface area contributed by atoms with Crippen molar-refractivity contribution >= 4 is 0 Å². The molecule has 0 atom stereocenters. The number of benzene rings is 1. The molecular formula is C14H27N. The lowest BCUT2D eigenvalue weighted by Gasteiger charge is -2.24. The molecule has 0 saturated carbocycles. The first kappa shape index (κ1) is 16.6. The number of rotatable bonds is 2. The zero-order chi connectivity index (χ0) is 12.3. The van der Waals surface area contributed by atoms with Gasteiger partial charge >= 0.3 is 0 Å². The fraction of sp³-hybridized carbons (Fsp3) is 0.571. The van der Waals surface area contributed by atoms with Crippen LogP contribution in [0.25, 0.3) is 0 Å². The summed E-state index contributed by atoms with van der Waals surface area (Å²) in [5, 5.41) is 3.26. The molecule has 1 heteroatoms. The number of hydrogen-bond donors (Lipinski definition) is 1. The van der Waals surface area contributed by atoms with Crippen LogP contribution in [0.2, 0.25) is 0 Å². The summed E-state index contributed by atoms with van der Waals surface area (Å²) in [6.07, 6.45) is 0. The topological polar surface area (TPSA) is 12.0 Å². The van der Waals surface area contributed by atoms with Crippen molar-refractivity contribution < 1.29 is 0 Å². The van der Waals surface area contributed by atoms with Gasteiger partial charge in [-0.15, -0.1) is 0 Å². The lowest BCUT2D eigenvalue weighted by Crippen LogP contribution is -2.32. The third kappa shape index (κ3) is 6.29. The third-order valence-corrected chi connectivity index (χ3v) is 2.12. The molecule has 1 N–H and O–H groups in total. The van der Waals surface area contributed by atoms with E-state index in [0.717, 1.165) is 0 Å². The SMILES string of the molecule is CC.CC.CNC(C)(C)c1ccccc1. The van der Waals surface area contributed by atoms with E-state index in [-0.39, 0.29) is 5.54 Å². The molecule has 1 aromatic carbocycles. The van der Waals surface area contributed by atoms with Gasteiger partial charge in [0.25, 0.3) is 0 Å². The average molecular weight is 209 g/mol. The van der Waals surface area contributed by atoms with E-state index in [1.54, 1.807) is 0 Å². The van der Waals surface area contributed by atoms with Crippen molar-refractivity contribution in [2.24, 2.45) is 0 Å². The molecule has 0 aliphatic rings. The van der Waals surface area contributed by atoms with Crippen LogP contribution in [-0.2, 0) is 5.54 Å². The molecule has 0 aliphatic heterocycles. The van der Waals surface area contributed by atoms with Crippen LogP contribution in [-0.4, -0.2) is 7.05 Å². The van der Waals surface area contributed by atoms with Gasteiger partial charge in [-0.2, -0.15) is 0 Å². The molecule has 0 spiro atoms. The maximum absolute atomic E-state index is 3.26. The minimum Gasteiger partial charge on any atom is -0.311 e. The zero-order valence-corrected chi connectivity index (χ0v) is 11.4. The summed E-state index contributed by atoms with van der Waals surface area (Å²) in [4.78, 5) is 0. The maximum atomic E-state index is 3.26. The molecule has 1 nitrogen and oxygen atoms in total. The molecule has 0 unspecified atom stereocenters. The monoisotopic (exact) mass is 209 g/mol. The molecule has 0 saturated heterocycles. The molecule has 0 bridgehead atoms. The maximum Gasteiger partial charge on any atom is 0.0374 e. The number of hydrogen-bond acceptors (Lipinski definition) is 1. The van der Waals surface area contributed by atoms with E-state index in [9.17, 15) is 0 Å². The van der Waals surface area contributed by atoms with E-state index in [2.05, 4.69) is 43.4 Å². The summed E-state index contributed by atoms with van der Waals surface area (Å²) in [5.41, 5.74) is 1.41. The lowest BCUT2D eigenvalue weighted by molar-refractivity contribution is 0.445. The second-order valence-electron chi connectivity index (χ2n) is 3.24. The van der Waals surface area contributed by atoms with Gasteiger partial charge < -0.3 is 5.32 Å². The van der Waals surface area contributed by atoms with Gasteiger partial charge in [0.2, 0.25) is 0 Å². The van der Waals surface area contributed by atoms with Gasteiger partial charge in [0.05, 0.1) is 0 Å². The Balaban J connectivity index is 0. The number of nitrogens with one attached hydrogen (secondary N) is 1. The minimum absolute atomic E-state index is 0.0846. The fourth-order valence-corrected chi connectivity index (χ4v) is 0.999.